The minimum Gasteiger partial charge on any atom is -0.466 e. The topological polar surface area (TPSA) is 73.9 Å². The van der Waals surface area contributed by atoms with Gasteiger partial charge in [0.25, 0.3) is 0 Å². The van der Waals surface area contributed by atoms with Crippen molar-refractivity contribution in [3.05, 3.63) is 71.3 Å². The Bertz CT molecular complexity index is 837. The van der Waals surface area contributed by atoms with E-state index in [0.29, 0.717) is 0 Å². The lowest BCUT2D eigenvalue weighted by Gasteiger charge is -2.28. The number of carbonyl (C=O) groups is 2. The number of esters is 1. The maximum atomic E-state index is 12.5. The van der Waals surface area contributed by atoms with Crippen LogP contribution in [0.3, 0.4) is 0 Å². The number of hydrogen-bond donors (Lipinski definition) is 1. The maximum Gasteiger partial charge on any atom is 0.407 e. The van der Waals surface area contributed by atoms with E-state index in [-0.39, 0.29) is 25.3 Å². The fourth-order valence-electron chi connectivity index (χ4n) is 3.84. The molecule has 1 N–H and O–H groups in total. The van der Waals surface area contributed by atoms with Crippen molar-refractivity contribution < 1.29 is 23.8 Å². The Balaban J connectivity index is 1.50. The lowest BCUT2D eigenvalue weighted by atomic mass is 9.80. The van der Waals surface area contributed by atoms with E-state index < -0.39 is 24.2 Å². The summed E-state index contributed by atoms with van der Waals surface area (Å²) in [4.78, 5) is 24.9. The molecule has 2 aliphatic rings. The van der Waals surface area contributed by atoms with Crippen LogP contribution in [0.15, 0.2) is 54.6 Å². The first kappa shape index (κ1) is 17.5. The third kappa shape index (κ3) is 3.28. The van der Waals surface area contributed by atoms with Crippen LogP contribution < -0.4 is 5.32 Å². The Kier molecular flexibility index (Phi) is 4.81. The normalized spacial score (nSPS) is 24.9. The molecule has 6 heteroatoms. The van der Waals surface area contributed by atoms with Gasteiger partial charge in [0.05, 0.1) is 18.8 Å². The number of alkyl carbamates (subject to hydrolysis) is 1. The van der Waals surface area contributed by atoms with E-state index in [1.807, 2.05) is 54.6 Å². The third-order valence-corrected chi connectivity index (χ3v) is 5.00. The average molecular weight is 367 g/mol. The number of nitrogens with one attached hydrogen (secondary N) is 1. The van der Waals surface area contributed by atoms with Crippen LogP contribution in [0.2, 0.25) is 0 Å². The zero-order chi connectivity index (χ0) is 18.8. The SMILES string of the molecule is CCOC(=O)C1C2OC(c3ccccc32)C1NC(=O)OCc1ccccc1. The highest BCUT2D eigenvalue weighted by molar-refractivity contribution is 5.78. The van der Waals surface area contributed by atoms with Gasteiger partial charge in [-0.1, -0.05) is 54.6 Å². The van der Waals surface area contributed by atoms with E-state index in [1.165, 1.54) is 0 Å². The Labute approximate surface area is 157 Å². The number of rotatable bonds is 5. The van der Waals surface area contributed by atoms with Crippen LogP contribution in [-0.4, -0.2) is 24.7 Å². The highest BCUT2D eigenvalue weighted by Gasteiger charge is 2.56. The highest BCUT2D eigenvalue weighted by Crippen LogP contribution is 2.54. The van der Waals surface area contributed by atoms with Crippen molar-refractivity contribution in [2.24, 2.45) is 5.92 Å². The monoisotopic (exact) mass is 367 g/mol. The van der Waals surface area contributed by atoms with Crippen LogP contribution in [-0.2, 0) is 25.6 Å². The van der Waals surface area contributed by atoms with Crippen molar-refractivity contribution in [1.29, 1.82) is 0 Å². The molecule has 0 spiro atoms. The molecule has 140 valence electrons. The fourth-order valence-corrected chi connectivity index (χ4v) is 3.84. The van der Waals surface area contributed by atoms with Gasteiger partial charge in [-0.05, 0) is 23.6 Å². The molecule has 2 aliphatic heterocycles. The van der Waals surface area contributed by atoms with E-state index in [0.717, 1.165) is 16.7 Å². The Morgan fingerprint density at radius 2 is 1.63 bits per heavy atom. The molecular formula is C21H21NO5. The van der Waals surface area contributed by atoms with Crippen LogP contribution in [0.1, 0.15) is 35.8 Å². The Morgan fingerprint density at radius 1 is 0.963 bits per heavy atom. The molecule has 4 unspecified atom stereocenters. The number of carbonyl (C=O) groups excluding carboxylic acids is 2. The van der Waals surface area contributed by atoms with Gasteiger partial charge in [-0.2, -0.15) is 0 Å². The van der Waals surface area contributed by atoms with Crippen molar-refractivity contribution in [2.45, 2.75) is 31.8 Å². The Hall–Kier alpha value is -2.86. The maximum absolute atomic E-state index is 12.5. The average Bonchev–Trinajstić information content (AvgIpc) is 3.24. The molecule has 6 nitrogen and oxygen atoms in total. The molecule has 2 bridgehead atoms. The lowest BCUT2D eigenvalue weighted by molar-refractivity contribution is -0.150. The van der Waals surface area contributed by atoms with Gasteiger partial charge in [-0.15, -0.1) is 0 Å². The smallest absolute Gasteiger partial charge is 0.407 e. The molecule has 0 saturated carbocycles. The first-order chi connectivity index (χ1) is 13.2. The molecule has 0 radical (unpaired) electrons. The molecular weight excluding hydrogens is 346 g/mol. The van der Waals surface area contributed by atoms with Gasteiger partial charge in [0, 0.05) is 0 Å². The van der Waals surface area contributed by atoms with E-state index in [2.05, 4.69) is 5.32 Å². The number of hydrogen-bond acceptors (Lipinski definition) is 5. The van der Waals surface area contributed by atoms with Crippen LogP contribution in [0.5, 0.6) is 0 Å². The van der Waals surface area contributed by atoms with E-state index in [1.54, 1.807) is 6.92 Å². The molecule has 2 aromatic carbocycles. The first-order valence-electron chi connectivity index (χ1n) is 9.07. The minimum atomic E-state index is -0.589. The van der Waals surface area contributed by atoms with Crippen LogP contribution >= 0.6 is 0 Å². The number of fused-ring (bicyclic) bond motifs is 5. The van der Waals surface area contributed by atoms with Crippen molar-refractivity contribution in [2.75, 3.05) is 6.61 Å². The van der Waals surface area contributed by atoms with E-state index in [9.17, 15) is 9.59 Å². The Morgan fingerprint density at radius 3 is 2.33 bits per heavy atom. The van der Waals surface area contributed by atoms with Gasteiger partial charge in [-0.3, -0.25) is 4.79 Å². The molecule has 2 heterocycles. The lowest BCUT2D eigenvalue weighted by Crippen LogP contribution is -2.46. The summed E-state index contributed by atoms with van der Waals surface area (Å²) in [7, 11) is 0. The van der Waals surface area contributed by atoms with Crippen LogP contribution in [0, 0.1) is 5.92 Å². The predicted octanol–water partition coefficient (Wildman–Crippen LogP) is 3.29. The summed E-state index contributed by atoms with van der Waals surface area (Å²) in [5.41, 5.74) is 2.87. The number of benzene rings is 2. The molecule has 0 aromatic heterocycles. The van der Waals surface area contributed by atoms with Crippen molar-refractivity contribution in [3.8, 4) is 0 Å². The highest BCUT2D eigenvalue weighted by atomic mass is 16.6. The predicted molar refractivity (Wildman–Crippen MR) is 96.7 cm³/mol. The van der Waals surface area contributed by atoms with Gasteiger partial charge in [-0.25, -0.2) is 4.79 Å². The standard InChI is InChI=1S/C21H21NO5/c1-2-25-20(23)16-17(19-15-11-7-6-10-14(15)18(16)27-19)22-21(24)26-12-13-8-4-3-5-9-13/h3-11,16-19H,2,12H2,1H3,(H,22,24). The third-order valence-electron chi connectivity index (χ3n) is 5.00. The molecule has 27 heavy (non-hydrogen) atoms. The van der Waals surface area contributed by atoms with E-state index in [4.69, 9.17) is 14.2 Å². The summed E-state index contributed by atoms with van der Waals surface area (Å²) in [5, 5.41) is 2.82. The molecule has 1 amide bonds. The molecule has 1 saturated heterocycles. The summed E-state index contributed by atoms with van der Waals surface area (Å²) in [6.45, 7) is 2.20. The summed E-state index contributed by atoms with van der Waals surface area (Å²) in [5.74, 6) is -0.956. The van der Waals surface area contributed by atoms with Gasteiger partial charge >= 0.3 is 12.1 Å². The van der Waals surface area contributed by atoms with Gasteiger partial charge in [0.1, 0.15) is 18.6 Å². The number of ether oxygens (including phenoxy) is 3. The van der Waals surface area contributed by atoms with Crippen molar-refractivity contribution >= 4 is 12.1 Å². The largest absolute Gasteiger partial charge is 0.466 e. The van der Waals surface area contributed by atoms with Gasteiger partial charge in [0.2, 0.25) is 0 Å². The summed E-state index contributed by atoms with van der Waals surface area (Å²) in [6, 6.07) is 16.7. The zero-order valence-electron chi connectivity index (χ0n) is 15.0. The minimum absolute atomic E-state index is 0.162. The zero-order valence-corrected chi connectivity index (χ0v) is 15.0. The van der Waals surface area contributed by atoms with E-state index >= 15 is 0 Å². The fraction of sp³-hybridized carbons (Fsp3) is 0.333. The second-order valence-electron chi connectivity index (χ2n) is 6.62. The second-order valence-corrected chi connectivity index (χ2v) is 6.62. The molecule has 0 aliphatic carbocycles. The quantitative estimate of drug-likeness (QED) is 0.821. The molecule has 1 fully saturated rings. The van der Waals surface area contributed by atoms with Gasteiger partial charge < -0.3 is 19.5 Å². The molecule has 2 aromatic rings. The second kappa shape index (κ2) is 7.40. The first-order valence-corrected chi connectivity index (χ1v) is 9.07. The summed E-state index contributed by atoms with van der Waals surface area (Å²) >= 11 is 0. The van der Waals surface area contributed by atoms with Crippen LogP contribution in [0.25, 0.3) is 0 Å². The molecule has 4 rings (SSSR count). The van der Waals surface area contributed by atoms with Crippen molar-refractivity contribution in [3.63, 3.8) is 0 Å². The van der Waals surface area contributed by atoms with Crippen LogP contribution in [0.4, 0.5) is 4.79 Å². The van der Waals surface area contributed by atoms with Gasteiger partial charge in [0.15, 0.2) is 0 Å². The molecule has 4 atom stereocenters. The number of amides is 1. The van der Waals surface area contributed by atoms with Crippen molar-refractivity contribution in [1.82, 2.24) is 5.32 Å². The summed E-state index contributed by atoms with van der Waals surface area (Å²) in [6.07, 6.45) is -1.37. The summed E-state index contributed by atoms with van der Waals surface area (Å²) < 4.78 is 16.6.